The van der Waals surface area contributed by atoms with E-state index in [2.05, 4.69) is 9.97 Å². The summed E-state index contributed by atoms with van der Waals surface area (Å²) in [6.07, 6.45) is 2.72. The van der Waals surface area contributed by atoms with E-state index in [0.717, 1.165) is 0 Å². The van der Waals surface area contributed by atoms with Crippen LogP contribution in [-0.4, -0.2) is 20.9 Å². The van der Waals surface area contributed by atoms with Crippen LogP contribution in [0.3, 0.4) is 0 Å². The third-order valence-corrected chi connectivity index (χ3v) is 2.23. The first-order chi connectivity index (χ1) is 9.06. The zero-order valence-corrected chi connectivity index (χ0v) is 9.94. The molecule has 0 amide bonds. The Morgan fingerprint density at radius 3 is 2.74 bits per heavy atom. The molecule has 7 nitrogen and oxygen atoms in total. The molecule has 0 atom stereocenters. The van der Waals surface area contributed by atoms with Crippen molar-refractivity contribution < 1.29 is 14.5 Å². The number of non-ortho nitro benzene ring substituents is 1. The molecule has 19 heavy (non-hydrogen) atoms. The van der Waals surface area contributed by atoms with Crippen LogP contribution in [0, 0.1) is 17.0 Å². The molecule has 0 unspecified atom stereocenters. The number of hydrogen-bond acceptors (Lipinski definition) is 6. The van der Waals surface area contributed by atoms with Gasteiger partial charge in [0.15, 0.2) is 5.69 Å². The number of carbonyl (C=O) groups is 1. The van der Waals surface area contributed by atoms with Gasteiger partial charge < -0.3 is 4.74 Å². The minimum Gasteiger partial charge on any atom is -0.421 e. The van der Waals surface area contributed by atoms with Gasteiger partial charge in [-0.15, -0.1) is 0 Å². The van der Waals surface area contributed by atoms with Crippen LogP contribution in [0.1, 0.15) is 16.2 Å². The van der Waals surface area contributed by atoms with Gasteiger partial charge in [-0.05, 0) is 13.0 Å². The number of benzene rings is 1. The van der Waals surface area contributed by atoms with Gasteiger partial charge in [0.1, 0.15) is 5.75 Å². The second-order valence-electron chi connectivity index (χ2n) is 3.69. The van der Waals surface area contributed by atoms with E-state index in [1.54, 1.807) is 6.92 Å². The molecule has 0 saturated carbocycles. The lowest BCUT2D eigenvalue weighted by atomic mass is 10.3. The van der Waals surface area contributed by atoms with Crippen molar-refractivity contribution in [2.75, 3.05) is 0 Å². The zero-order chi connectivity index (χ0) is 13.8. The first kappa shape index (κ1) is 12.6. The lowest BCUT2D eigenvalue weighted by molar-refractivity contribution is -0.384. The number of aromatic nitrogens is 2. The molecule has 7 heteroatoms. The Balaban J connectivity index is 2.17. The van der Waals surface area contributed by atoms with Crippen molar-refractivity contribution in [2.45, 2.75) is 6.92 Å². The number of rotatable bonds is 3. The van der Waals surface area contributed by atoms with Crippen LogP contribution in [0.5, 0.6) is 5.75 Å². The largest absolute Gasteiger partial charge is 0.421 e. The summed E-state index contributed by atoms with van der Waals surface area (Å²) in [6.45, 7) is 1.74. The fourth-order valence-corrected chi connectivity index (χ4v) is 1.32. The van der Waals surface area contributed by atoms with Crippen molar-refractivity contribution in [2.24, 2.45) is 0 Å². The van der Waals surface area contributed by atoms with Gasteiger partial charge in [-0.1, -0.05) is 6.07 Å². The first-order valence-electron chi connectivity index (χ1n) is 5.31. The van der Waals surface area contributed by atoms with E-state index in [4.69, 9.17) is 4.74 Å². The van der Waals surface area contributed by atoms with Crippen LogP contribution in [0.25, 0.3) is 0 Å². The predicted molar refractivity (Wildman–Crippen MR) is 64.8 cm³/mol. The monoisotopic (exact) mass is 259 g/mol. The molecular formula is C12H9N3O4. The van der Waals surface area contributed by atoms with Crippen LogP contribution in [-0.2, 0) is 0 Å². The highest BCUT2D eigenvalue weighted by atomic mass is 16.6. The molecule has 0 spiro atoms. The molecule has 0 saturated heterocycles. The van der Waals surface area contributed by atoms with E-state index in [1.807, 2.05) is 0 Å². The lowest BCUT2D eigenvalue weighted by Crippen LogP contribution is -2.11. The van der Waals surface area contributed by atoms with Crippen molar-refractivity contribution in [3.63, 3.8) is 0 Å². The number of carbonyl (C=O) groups excluding carboxylic acids is 1. The average Bonchev–Trinajstić information content (AvgIpc) is 2.39. The Labute approximate surface area is 108 Å². The third-order valence-electron chi connectivity index (χ3n) is 2.23. The van der Waals surface area contributed by atoms with Gasteiger partial charge in [0.05, 0.1) is 22.9 Å². The van der Waals surface area contributed by atoms with Crippen molar-refractivity contribution >= 4 is 11.7 Å². The molecule has 1 heterocycles. The number of esters is 1. The highest BCUT2D eigenvalue weighted by Crippen LogP contribution is 2.19. The van der Waals surface area contributed by atoms with Crippen molar-refractivity contribution in [3.05, 3.63) is 58.2 Å². The number of nitrogens with zero attached hydrogens (tertiary/aromatic N) is 3. The smallest absolute Gasteiger partial charge is 0.363 e. The van der Waals surface area contributed by atoms with Gasteiger partial charge in [-0.3, -0.25) is 15.1 Å². The average molecular weight is 259 g/mol. The standard InChI is InChI=1S/C12H9N3O4/c1-8-6-14-11(7-13-8)12(16)19-10-4-2-3-9(5-10)15(17)18/h2-7H,1H3. The molecule has 0 radical (unpaired) electrons. The third kappa shape index (κ3) is 3.09. The molecule has 2 rings (SSSR count). The molecule has 0 aliphatic heterocycles. The Bertz CT molecular complexity index is 625. The van der Waals surface area contributed by atoms with Gasteiger partial charge >= 0.3 is 5.97 Å². The van der Waals surface area contributed by atoms with Crippen molar-refractivity contribution in [3.8, 4) is 5.75 Å². The van der Waals surface area contributed by atoms with E-state index < -0.39 is 10.9 Å². The second-order valence-corrected chi connectivity index (χ2v) is 3.69. The van der Waals surface area contributed by atoms with Crippen LogP contribution in [0.4, 0.5) is 5.69 Å². The van der Waals surface area contributed by atoms with Crippen LogP contribution in [0.2, 0.25) is 0 Å². The van der Waals surface area contributed by atoms with Gasteiger partial charge in [0, 0.05) is 12.3 Å². The maximum absolute atomic E-state index is 11.7. The summed E-state index contributed by atoms with van der Waals surface area (Å²) in [5, 5.41) is 10.6. The Hall–Kier alpha value is -2.83. The summed E-state index contributed by atoms with van der Waals surface area (Å²) >= 11 is 0. The number of aryl methyl sites for hydroxylation is 1. The van der Waals surface area contributed by atoms with Gasteiger partial charge in [-0.25, -0.2) is 9.78 Å². The molecule has 0 aliphatic rings. The van der Waals surface area contributed by atoms with Crippen molar-refractivity contribution in [1.29, 1.82) is 0 Å². The quantitative estimate of drug-likeness (QED) is 0.361. The molecule has 1 aromatic carbocycles. The SMILES string of the molecule is Cc1cnc(C(=O)Oc2cccc([N+](=O)[O-])c2)cn1. The van der Waals surface area contributed by atoms with Crippen LogP contribution in [0.15, 0.2) is 36.7 Å². The maximum atomic E-state index is 11.7. The van der Waals surface area contributed by atoms with E-state index in [-0.39, 0.29) is 17.1 Å². The highest BCUT2D eigenvalue weighted by Gasteiger charge is 2.13. The molecule has 1 aromatic heterocycles. The lowest BCUT2D eigenvalue weighted by Gasteiger charge is -2.03. The van der Waals surface area contributed by atoms with E-state index in [0.29, 0.717) is 5.69 Å². The van der Waals surface area contributed by atoms with Gasteiger partial charge in [0.25, 0.3) is 5.69 Å². The number of nitro benzene ring substituents is 1. The summed E-state index contributed by atoms with van der Waals surface area (Å²) in [6, 6.07) is 5.36. The topological polar surface area (TPSA) is 95.2 Å². The first-order valence-corrected chi connectivity index (χ1v) is 5.31. The maximum Gasteiger partial charge on any atom is 0.363 e. The Morgan fingerprint density at radius 2 is 2.11 bits per heavy atom. The van der Waals surface area contributed by atoms with Crippen molar-refractivity contribution in [1.82, 2.24) is 9.97 Å². The summed E-state index contributed by atoms with van der Waals surface area (Å²) in [7, 11) is 0. The fourth-order valence-electron chi connectivity index (χ4n) is 1.32. The minimum absolute atomic E-state index is 0.0390. The molecular weight excluding hydrogens is 250 g/mol. The minimum atomic E-state index is -0.715. The number of ether oxygens (including phenoxy) is 1. The molecule has 0 fully saturated rings. The molecule has 0 bridgehead atoms. The summed E-state index contributed by atoms with van der Waals surface area (Å²) in [4.78, 5) is 29.5. The number of nitro groups is 1. The van der Waals surface area contributed by atoms with Crippen LogP contribution >= 0.6 is 0 Å². The predicted octanol–water partition coefficient (Wildman–Crippen LogP) is 1.91. The molecule has 2 aromatic rings. The zero-order valence-electron chi connectivity index (χ0n) is 9.94. The van der Waals surface area contributed by atoms with Gasteiger partial charge in [-0.2, -0.15) is 0 Å². The normalized spacial score (nSPS) is 9.95. The second kappa shape index (κ2) is 5.21. The summed E-state index contributed by atoms with van der Waals surface area (Å²) in [5.74, 6) is -0.630. The Morgan fingerprint density at radius 1 is 1.32 bits per heavy atom. The summed E-state index contributed by atoms with van der Waals surface area (Å²) in [5.41, 5.74) is 0.560. The highest BCUT2D eigenvalue weighted by molar-refractivity contribution is 5.88. The molecule has 96 valence electrons. The Kier molecular flexibility index (Phi) is 3.46. The molecule has 0 N–H and O–H groups in total. The van der Waals surface area contributed by atoms with Crippen LogP contribution < -0.4 is 4.74 Å². The van der Waals surface area contributed by atoms with E-state index >= 15 is 0 Å². The van der Waals surface area contributed by atoms with Gasteiger partial charge in [0.2, 0.25) is 0 Å². The van der Waals surface area contributed by atoms with E-state index in [9.17, 15) is 14.9 Å². The summed E-state index contributed by atoms with van der Waals surface area (Å²) < 4.78 is 4.99. The molecule has 0 aliphatic carbocycles. The fraction of sp³-hybridized carbons (Fsp3) is 0.0833. The number of hydrogen-bond donors (Lipinski definition) is 0. The van der Waals surface area contributed by atoms with E-state index in [1.165, 1.54) is 36.7 Å².